The third kappa shape index (κ3) is 2.78. The van der Waals surface area contributed by atoms with Crippen molar-refractivity contribution in [3.8, 4) is 0 Å². The Kier molecular flexibility index (Phi) is 4.26. The molecule has 6 heteroatoms. The lowest BCUT2D eigenvalue weighted by molar-refractivity contribution is -0.140. The van der Waals surface area contributed by atoms with E-state index < -0.39 is 11.4 Å². The summed E-state index contributed by atoms with van der Waals surface area (Å²) in [5.41, 5.74) is 1.82. The maximum atomic E-state index is 13.2. The minimum absolute atomic E-state index is 0.0994. The molecule has 0 saturated carbocycles. The molecule has 6 nitrogen and oxygen atoms in total. The van der Waals surface area contributed by atoms with Crippen LogP contribution in [0.15, 0.2) is 54.7 Å². The molecule has 1 aliphatic heterocycles. The Hall–Kier alpha value is -3.41. The summed E-state index contributed by atoms with van der Waals surface area (Å²) in [4.78, 5) is 42.2. The highest BCUT2D eigenvalue weighted by Gasteiger charge is 2.49. The van der Waals surface area contributed by atoms with Crippen molar-refractivity contribution in [1.29, 1.82) is 0 Å². The highest BCUT2D eigenvalue weighted by atomic mass is 16.5. The second-order valence-corrected chi connectivity index (χ2v) is 7.23. The lowest BCUT2D eigenvalue weighted by atomic mass is 9.80. The minimum Gasteiger partial charge on any atom is -0.465 e. The molecular weight excluding hydrogens is 356 g/mol. The Morgan fingerprint density at radius 1 is 1.18 bits per heavy atom. The van der Waals surface area contributed by atoms with Gasteiger partial charge >= 0.3 is 5.97 Å². The van der Waals surface area contributed by atoms with Crippen LogP contribution >= 0.6 is 0 Å². The van der Waals surface area contributed by atoms with Gasteiger partial charge in [-0.05, 0) is 30.2 Å². The van der Waals surface area contributed by atoms with Gasteiger partial charge in [-0.3, -0.25) is 14.5 Å². The van der Waals surface area contributed by atoms with E-state index in [2.05, 4.69) is 4.98 Å². The number of benzene rings is 2. The summed E-state index contributed by atoms with van der Waals surface area (Å²) in [6, 6.07) is 14.9. The normalized spacial score (nSPS) is 19.4. The SMILES string of the molecule is COC(=O)c1c[nH]c2ccc(C3(C)CC(=O)N(Cc4ccccc4)C3=O)cc12. The standard InChI is InChI=1S/C22H20N2O4/c1-22(11-19(25)24(21(22)27)13-14-6-4-3-5-7-14)15-8-9-18-16(10-15)17(12-23-18)20(26)28-2/h3-10,12,23H,11,13H2,1-2H3. The van der Waals surface area contributed by atoms with Gasteiger partial charge in [0.1, 0.15) is 0 Å². The van der Waals surface area contributed by atoms with E-state index in [1.54, 1.807) is 19.2 Å². The number of carbonyl (C=O) groups excluding carboxylic acids is 3. The summed E-state index contributed by atoms with van der Waals surface area (Å²) < 4.78 is 4.83. The number of aromatic amines is 1. The number of esters is 1. The zero-order valence-corrected chi connectivity index (χ0v) is 15.7. The van der Waals surface area contributed by atoms with E-state index in [9.17, 15) is 14.4 Å². The predicted octanol–water partition coefficient (Wildman–Crippen LogP) is 3.17. The molecule has 0 spiro atoms. The molecule has 1 saturated heterocycles. The summed E-state index contributed by atoms with van der Waals surface area (Å²) >= 11 is 0. The van der Waals surface area contributed by atoms with Gasteiger partial charge in [-0.25, -0.2) is 4.79 Å². The smallest absolute Gasteiger partial charge is 0.340 e. The van der Waals surface area contributed by atoms with Crippen LogP contribution in [0, 0.1) is 0 Å². The molecule has 0 radical (unpaired) electrons. The Labute approximate surface area is 162 Å². The minimum atomic E-state index is -0.968. The number of amides is 2. The molecule has 1 N–H and O–H groups in total. The van der Waals surface area contributed by atoms with E-state index >= 15 is 0 Å². The van der Waals surface area contributed by atoms with Crippen LogP contribution in [-0.4, -0.2) is 34.8 Å². The first kappa shape index (κ1) is 18.0. The number of nitrogens with zero attached hydrogens (tertiary/aromatic N) is 1. The van der Waals surface area contributed by atoms with E-state index in [0.29, 0.717) is 16.5 Å². The Balaban J connectivity index is 1.71. The van der Waals surface area contributed by atoms with Crippen LogP contribution in [0.4, 0.5) is 0 Å². The van der Waals surface area contributed by atoms with E-state index in [1.165, 1.54) is 12.0 Å². The third-order valence-electron chi connectivity index (χ3n) is 5.43. The zero-order chi connectivity index (χ0) is 19.9. The monoisotopic (exact) mass is 376 g/mol. The van der Waals surface area contributed by atoms with Gasteiger partial charge < -0.3 is 9.72 Å². The van der Waals surface area contributed by atoms with E-state index in [1.807, 2.05) is 42.5 Å². The van der Waals surface area contributed by atoms with Gasteiger partial charge in [0.2, 0.25) is 11.8 Å². The number of rotatable bonds is 4. The molecule has 2 amide bonds. The number of fused-ring (bicyclic) bond motifs is 1. The van der Waals surface area contributed by atoms with Gasteiger partial charge in [-0.1, -0.05) is 36.4 Å². The maximum Gasteiger partial charge on any atom is 0.340 e. The molecule has 2 aromatic carbocycles. The first-order valence-corrected chi connectivity index (χ1v) is 9.02. The number of aromatic nitrogens is 1. The first-order valence-electron chi connectivity index (χ1n) is 9.02. The van der Waals surface area contributed by atoms with Gasteiger partial charge in [0.05, 0.1) is 24.6 Å². The number of hydrogen-bond donors (Lipinski definition) is 1. The number of nitrogens with one attached hydrogen (secondary N) is 1. The summed E-state index contributed by atoms with van der Waals surface area (Å²) in [6.45, 7) is 2.04. The van der Waals surface area contributed by atoms with Crippen molar-refractivity contribution in [2.75, 3.05) is 7.11 Å². The predicted molar refractivity (Wildman–Crippen MR) is 104 cm³/mol. The summed E-state index contributed by atoms with van der Waals surface area (Å²) in [6.07, 6.45) is 1.69. The second-order valence-electron chi connectivity index (χ2n) is 7.23. The molecule has 3 aromatic rings. The highest BCUT2D eigenvalue weighted by Crippen LogP contribution is 2.38. The van der Waals surface area contributed by atoms with Crippen LogP contribution in [0.1, 0.15) is 34.8 Å². The van der Waals surface area contributed by atoms with Crippen molar-refractivity contribution in [2.24, 2.45) is 0 Å². The van der Waals surface area contributed by atoms with E-state index in [4.69, 9.17) is 4.74 Å². The molecule has 1 fully saturated rings. The Morgan fingerprint density at radius 3 is 2.64 bits per heavy atom. The van der Waals surface area contributed by atoms with Crippen LogP contribution in [-0.2, 0) is 26.3 Å². The second kappa shape index (κ2) is 6.64. The van der Waals surface area contributed by atoms with Crippen LogP contribution in [0.25, 0.3) is 10.9 Å². The topological polar surface area (TPSA) is 79.5 Å². The molecular formula is C22H20N2O4. The zero-order valence-electron chi connectivity index (χ0n) is 15.7. The molecule has 28 heavy (non-hydrogen) atoms. The molecule has 1 atom stereocenters. The van der Waals surface area contributed by atoms with Crippen molar-refractivity contribution in [3.63, 3.8) is 0 Å². The molecule has 0 bridgehead atoms. The molecule has 1 unspecified atom stereocenters. The van der Waals surface area contributed by atoms with Gasteiger partial charge in [0.15, 0.2) is 0 Å². The Morgan fingerprint density at radius 2 is 1.93 bits per heavy atom. The van der Waals surface area contributed by atoms with Gasteiger partial charge in [-0.15, -0.1) is 0 Å². The van der Waals surface area contributed by atoms with Crippen molar-refractivity contribution in [3.05, 3.63) is 71.4 Å². The summed E-state index contributed by atoms with van der Waals surface area (Å²) in [5, 5.41) is 0.673. The van der Waals surface area contributed by atoms with E-state index in [0.717, 1.165) is 11.1 Å². The molecule has 2 heterocycles. The number of ether oxygens (including phenoxy) is 1. The number of carbonyl (C=O) groups is 3. The molecule has 1 aromatic heterocycles. The van der Waals surface area contributed by atoms with Gasteiger partial charge in [0, 0.05) is 23.5 Å². The molecule has 0 aliphatic carbocycles. The first-order chi connectivity index (χ1) is 13.4. The van der Waals surface area contributed by atoms with Crippen LogP contribution in [0.3, 0.4) is 0 Å². The fraction of sp³-hybridized carbons (Fsp3) is 0.227. The van der Waals surface area contributed by atoms with Gasteiger partial charge in [-0.2, -0.15) is 0 Å². The van der Waals surface area contributed by atoms with Crippen molar-refractivity contribution in [2.45, 2.75) is 25.3 Å². The average Bonchev–Trinajstić information content (AvgIpc) is 3.23. The number of imide groups is 1. The highest BCUT2D eigenvalue weighted by molar-refractivity contribution is 6.10. The van der Waals surface area contributed by atoms with E-state index in [-0.39, 0.29) is 24.8 Å². The largest absolute Gasteiger partial charge is 0.465 e. The number of likely N-dealkylation sites (tertiary alicyclic amines) is 1. The fourth-order valence-electron chi connectivity index (χ4n) is 3.78. The quantitative estimate of drug-likeness (QED) is 0.560. The maximum absolute atomic E-state index is 13.2. The summed E-state index contributed by atoms with van der Waals surface area (Å²) in [7, 11) is 1.33. The van der Waals surface area contributed by atoms with Crippen molar-refractivity contribution < 1.29 is 19.1 Å². The number of hydrogen-bond acceptors (Lipinski definition) is 4. The lowest BCUT2D eigenvalue weighted by Gasteiger charge is -2.23. The number of methoxy groups -OCH3 is 1. The molecule has 4 rings (SSSR count). The van der Waals surface area contributed by atoms with Crippen LogP contribution < -0.4 is 0 Å². The molecule has 1 aliphatic rings. The summed E-state index contributed by atoms with van der Waals surface area (Å²) in [5.74, 6) is -0.873. The van der Waals surface area contributed by atoms with Crippen LogP contribution in [0.5, 0.6) is 0 Å². The lowest BCUT2D eigenvalue weighted by Crippen LogP contribution is -2.36. The van der Waals surface area contributed by atoms with Crippen molar-refractivity contribution >= 4 is 28.7 Å². The third-order valence-corrected chi connectivity index (χ3v) is 5.43. The Bertz CT molecular complexity index is 1090. The number of H-pyrrole nitrogens is 1. The average molecular weight is 376 g/mol. The van der Waals surface area contributed by atoms with Gasteiger partial charge in [0.25, 0.3) is 0 Å². The molecule has 142 valence electrons. The fourth-order valence-corrected chi connectivity index (χ4v) is 3.78. The van der Waals surface area contributed by atoms with Crippen molar-refractivity contribution in [1.82, 2.24) is 9.88 Å². The van der Waals surface area contributed by atoms with Crippen LogP contribution in [0.2, 0.25) is 0 Å².